The number of nitro benzene ring substituents is 1. The molecule has 0 aliphatic carbocycles. The molecular formula is C12H14N4O3. The van der Waals surface area contributed by atoms with Gasteiger partial charge in [0.25, 0.3) is 5.69 Å². The highest BCUT2D eigenvalue weighted by atomic mass is 16.6. The highest BCUT2D eigenvalue weighted by molar-refractivity contribution is 5.59. The number of nitriles is 1. The smallest absolute Gasteiger partial charge is 0.292 e. The first-order chi connectivity index (χ1) is 9.10. The maximum Gasteiger partial charge on any atom is 0.292 e. The molecule has 19 heavy (non-hydrogen) atoms. The molecule has 1 heterocycles. The third kappa shape index (κ3) is 3.19. The van der Waals surface area contributed by atoms with E-state index >= 15 is 0 Å². The molecule has 0 amide bonds. The van der Waals surface area contributed by atoms with E-state index in [-0.39, 0.29) is 11.4 Å². The van der Waals surface area contributed by atoms with Crippen molar-refractivity contribution in [2.45, 2.75) is 12.6 Å². The monoisotopic (exact) mass is 262 g/mol. The van der Waals surface area contributed by atoms with Crippen LogP contribution >= 0.6 is 0 Å². The van der Waals surface area contributed by atoms with Crippen LogP contribution in [0.5, 0.6) is 0 Å². The number of morpholine rings is 1. The minimum Gasteiger partial charge on any atom is -0.393 e. The quantitative estimate of drug-likeness (QED) is 0.493. The van der Waals surface area contributed by atoms with Crippen LogP contribution in [0.1, 0.15) is 5.56 Å². The van der Waals surface area contributed by atoms with Crippen molar-refractivity contribution < 1.29 is 9.66 Å². The molecule has 1 aromatic rings. The molecule has 2 rings (SSSR count). The van der Waals surface area contributed by atoms with E-state index in [0.29, 0.717) is 26.2 Å². The fraction of sp³-hybridized carbons (Fsp3) is 0.417. The van der Waals surface area contributed by atoms with Crippen LogP contribution in [0, 0.1) is 21.4 Å². The van der Waals surface area contributed by atoms with E-state index < -0.39 is 11.0 Å². The van der Waals surface area contributed by atoms with Crippen LogP contribution in [0.3, 0.4) is 0 Å². The first-order valence-corrected chi connectivity index (χ1v) is 5.86. The summed E-state index contributed by atoms with van der Waals surface area (Å²) in [7, 11) is 0. The van der Waals surface area contributed by atoms with Gasteiger partial charge in [-0.1, -0.05) is 6.07 Å². The molecule has 0 bridgehead atoms. The molecule has 1 fully saturated rings. The SMILES string of the molecule is N#CC1CN(Cc2ccc(N)c([N+](=O)[O-])c2)CCO1. The van der Waals surface area contributed by atoms with Crippen molar-refractivity contribution >= 4 is 11.4 Å². The van der Waals surface area contributed by atoms with Crippen molar-refractivity contribution in [1.29, 1.82) is 5.26 Å². The van der Waals surface area contributed by atoms with Gasteiger partial charge in [-0.05, 0) is 11.6 Å². The molecule has 7 nitrogen and oxygen atoms in total. The van der Waals surface area contributed by atoms with Crippen molar-refractivity contribution in [3.63, 3.8) is 0 Å². The third-order valence-electron chi connectivity index (χ3n) is 2.99. The number of nitrogens with zero attached hydrogens (tertiary/aromatic N) is 3. The van der Waals surface area contributed by atoms with E-state index in [4.69, 9.17) is 15.7 Å². The third-order valence-corrected chi connectivity index (χ3v) is 2.99. The van der Waals surface area contributed by atoms with Gasteiger partial charge < -0.3 is 10.5 Å². The summed E-state index contributed by atoms with van der Waals surface area (Å²) in [6, 6.07) is 6.85. The van der Waals surface area contributed by atoms with Gasteiger partial charge in [0.05, 0.1) is 17.6 Å². The molecular weight excluding hydrogens is 248 g/mol. The number of nitrogen functional groups attached to an aromatic ring is 1. The second kappa shape index (κ2) is 5.65. The fourth-order valence-electron chi connectivity index (χ4n) is 2.03. The number of anilines is 1. The summed E-state index contributed by atoms with van der Waals surface area (Å²) in [5.74, 6) is 0. The minimum absolute atomic E-state index is 0.0809. The number of nitrogens with two attached hydrogens (primary N) is 1. The molecule has 1 aliphatic rings. The van der Waals surface area contributed by atoms with E-state index in [0.717, 1.165) is 5.56 Å². The lowest BCUT2D eigenvalue weighted by Gasteiger charge is -2.29. The summed E-state index contributed by atoms with van der Waals surface area (Å²) in [6.07, 6.45) is -0.433. The average Bonchev–Trinajstić information content (AvgIpc) is 2.41. The topological polar surface area (TPSA) is 105 Å². The lowest BCUT2D eigenvalue weighted by molar-refractivity contribution is -0.384. The molecule has 1 aliphatic heterocycles. The molecule has 0 aromatic heterocycles. The zero-order valence-corrected chi connectivity index (χ0v) is 10.3. The van der Waals surface area contributed by atoms with Crippen LogP contribution in [0.25, 0.3) is 0 Å². The minimum atomic E-state index is -0.490. The van der Waals surface area contributed by atoms with Crippen molar-refractivity contribution in [1.82, 2.24) is 4.90 Å². The molecule has 0 radical (unpaired) electrons. The predicted molar refractivity (Wildman–Crippen MR) is 68.1 cm³/mol. The Morgan fingerprint density at radius 3 is 3.11 bits per heavy atom. The Kier molecular flexibility index (Phi) is 3.94. The number of rotatable bonds is 3. The molecule has 1 unspecified atom stereocenters. The maximum atomic E-state index is 10.8. The van der Waals surface area contributed by atoms with Crippen LogP contribution in [0.2, 0.25) is 0 Å². The van der Waals surface area contributed by atoms with Gasteiger partial charge in [0, 0.05) is 25.7 Å². The summed E-state index contributed by atoms with van der Waals surface area (Å²) in [6.45, 7) is 2.25. The summed E-state index contributed by atoms with van der Waals surface area (Å²) >= 11 is 0. The van der Waals surface area contributed by atoms with E-state index in [1.54, 1.807) is 6.07 Å². The number of hydrogen-bond donors (Lipinski definition) is 1. The Labute approximate surface area is 110 Å². The van der Waals surface area contributed by atoms with E-state index in [1.165, 1.54) is 12.1 Å². The molecule has 100 valence electrons. The van der Waals surface area contributed by atoms with Gasteiger partial charge in [-0.15, -0.1) is 0 Å². The molecule has 0 spiro atoms. The van der Waals surface area contributed by atoms with E-state index in [2.05, 4.69) is 6.07 Å². The number of benzene rings is 1. The number of nitro groups is 1. The van der Waals surface area contributed by atoms with Gasteiger partial charge in [0.15, 0.2) is 6.10 Å². The summed E-state index contributed by atoms with van der Waals surface area (Å²) < 4.78 is 5.25. The van der Waals surface area contributed by atoms with Gasteiger partial charge in [-0.25, -0.2) is 0 Å². The van der Waals surface area contributed by atoms with Crippen molar-refractivity contribution in [2.24, 2.45) is 0 Å². The van der Waals surface area contributed by atoms with Gasteiger partial charge in [0.1, 0.15) is 5.69 Å². The Hall–Kier alpha value is -2.17. The van der Waals surface area contributed by atoms with Crippen LogP contribution < -0.4 is 5.73 Å². The first kappa shape index (κ1) is 13.3. The van der Waals surface area contributed by atoms with Gasteiger partial charge >= 0.3 is 0 Å². The molecule has 2 N–H and O–H groups in total. The highest BCUT2D eigenvalue weighted by Crippen LogP contribution is 2.23. The summed E-state index contributed by atoms with van der Waals surface area (Å²) in [5, 5.41) is 19.6. The number of ether oxygens (including phenoxy) is 1. The number of hydrogen-bond acceptors (Lipinski definition) is 6. The van der Waals surface area contributed by atoms with Gasteiger partial charge in [-0.2, -0.15) is 5.26 Å². The van der Waals surface area contributed by atoms with Crippen LogP contribution in [-0.2, 0) is 11.3 Å². The molecule has 1 saturated heterocycles. The molecule has 0 saturated carbocycles. The van der Waals surface area contributed by atoms with Crippen LogP contribution in [0.15, 0.2) is 18.2 Å². The zero-order chi connectivity index (χ0) is 13.8. The maximum absolute atomic E-state index is 10.8. The highest BCUT2D eigenvalue weighted by Gasteiger charge is 2.21. The second-order valence-electron chi connectivity index (χ2n) is 4.37. The molecule has 1 aromatic carbocycles. The molecule has 7 heteroatoms. The van der Waals surface area contributed by atoms with Gasteiger partial charge in [-0.3, -0.25) is 15.0 Å². The lowest BCUT2D eigenvalue weighted by atomic mass is 10.1. The van der Waals surface area contributed by atoms with Crippen LogP contribution in [-0.4, -0.2) is 35.6 Å². The second-order valence-corrected chi connectivity index (χ2v) is 4.37. The molecule has 1 atom stereocenters. The van der Waals surface area contributed by atoms with Crippen molar-refractivity contribution in [2.75, 3.05) is 25.4 Å². The standard InChI is InChI=1S/C12H14N4O3/c13-6-10-8-15(3-4-19-10)7-9-1-2-11(14)12(5-9)16(17)18/h1-2,5,10H,3-4,7-8,14H2. The van der Waals surface area contributed by atoms with Crippen molar-refractivity contribution in [3.05, 3.63) is 33.9 Å². The first-order valence-electron chi connectivity index (χ1n) is 5.86. The Balaban J connectivity index is 2.09. The van der Waals surface area contributed by atoms with Gasteiger partial charge in [0.2, 0.25) is 0 Å². The van der Waals surface area contributed by atoms with E-state index in [1.807, 2.05) is 4.90 Å². The largest absolute Gasteiger partial charge is 0.393 e. The van der Waals surface area contributed by atoms with E-state index in [9.17, 15) is 10.1 Å². The van der Waals surface area contributed by atoms with Crippen molar-refractivity contribution in [3.8, 4) is 6.07 Å². The Bertz CT molecular complexity index is 526. The fourth-order valence-corrected chi connectivity index (χ4v) is 2.03. The predicted octanol–water partition coefficient (Wildman–Crippen LogP) is 0.901. The average molecular weight is 262 g/mol. The lowest BCUT2D eigenvalue weighted by Crippen LogP contribution is -2.41. The normalized spacial score (nSPS) is 19.8. The Morgan fingerprint density at radius 1 is 1.63 bits per heavy atom. The Morgan fingerprint density at radius 2 is 2.42 bits per heavy atom. The zero-order valence-electron chi connectivity index (χ0n) is 10.3. The summed E-state index contributed by atoms with van der Waals surface area (Å²) in [4.78, 5) is 12.4. The van der Waals surface area contributed by atoms with Crippen LogP contribution in [0.4, 0.5) is 11.4 Å². The summed E-state index contributed by atoms with van der Waals surface area (Å²) in [5.41, 5.74) is 6.43.